The number of benzene rings is 3. The van der Waals surface area contributed by atoms with Crippen LogP contribution in [0.4, 0.5) is 5.69 Å². The number of hydrazine groups is 1. The molecule has 0 aliphatic carbocycles. The summed E-state index contributed by atoms with van der Waals surface area (Å²) in [6, 6.07) is 19.5. The van der Waals surface area contributed by atoms with Crippen LogP contribution in [0.25, 0.3) is 0 Å². The summed E-state index contributed by atoms with van der Waals surface area (Å²) in [5, 5.41) is 3.34. The van der Waals surface area contributed by atoms with E-state index < -0.39 is 17.7 Å². The van der Waals surface area contributed by atoms with Gasteiger partial charge in [0.25, 0.3) is 5.91 Å². The van der Waals surface area contributed by atoms with Crippen LogP contribution in [0.1, 0.15) is 28.8 Å². The van der Waals surface area contributed by atoms with Gasteiger partial charge in [0.15, 0.2) is 0 Å². The fourth-order valence-electron chi connectivity index (χ4n) is 3.02. The summed E-state index contributed by atoms with van der Waals surface area (Å²) >= 11 is 15.2. The summed E-state index contributed by atoms with van der Waals surface area (Å²) < 4.78 is 6.49. The van der Waals surface area contributed by atoms with Crippen LogP contribution < -0.4 is 20.9 Å². The zero-order chi connectivity index (χ0) is 25.2. The van der Waals surface area contributed by atoms with Gasteiger partial charge in [-0.3, -0.25) is 25.2 Å². The molecule has 0 atom stereocenters. The lowest BCUT2D eigenvalue weighted by molar-refractivity contribution is -0.124. The molecule has 3 aromatic carbocycles. The number of rotatable bonds is 9. The predicted molar refractivity (Wildman–Crippen MR) is 140 cm³/mol. The van der Waals surface area contributed by atoms with Gasteiger partial charge in [-0.2, -0.15) is 0 Å². The molecule has 0 saturated carbocycles. The van der Waals surface area contributed by atoms with Gasteiger partial charge < -0.3 is 10.1 Å². The van der Waals surface area contributed by atoms with E-state index in [0.29, 0.717) is 39.0 Å². The predicted octanol–water partition coefficient (Wildman–Crippen LogP) is 5.56. The van der Waals surface area contributed by atoms with Crippen molar-refractivity contribution in [1.82, 2.24) is 10.9 Å². The van der Waals surface area contributed by atoms with E-state index in [-0.39, 0.29) is 18.4 Å². The van der Waals surface area contributed by atoms with Gasteiger partial charge in [-0.15, -0.1) is 0 Å². The largest absolute Gasteiger partial charge is 0.492 e. The van der Waals surface area contributed by atoms with Gasteiger partial charge in [0.2, 0.25) is 11.8 Å². The highest BCUT2D eigenvalue weighted by Crippen LogP contribution is 2.26. The van der Waals surface area contributed by atoms with E-state index in [1.807, 2.05) is 30.3 Å². The molecule has 7 nitrogen and oxygen atoms in total. The molecule has 0 aliphatic rings. The SMILES string of the molecule is O=C(CCC(=O)Nc1ccc(Cl)cc1Cl)NNC(=O)c1cc(Br)ccc1OCCc1ccccc1. The Morgan fingerprint density at radius 1 is 0.857 bits per heavy atom. The van der Waals surface area contributed by atoms with Crippen molar-refractivity contribution in [3.05, 3.63) is 92.4 Å². The standard InChI is InChI=1S/C25H22BrCl2N3O4/c26-17-6-9-22(35-13-12-16-4-2-1-3-5-16)19(14-17)25(34)31-30-24(33)11-10-23(32)29-21-8-7-18(27)15-20(21)28/h1-9,14-15H,10-13H2,(H,29,32)(H,30,33)(H,31,34). The van der Waals surface area contributed by atoms with Crippen molar-refractivity contribution in [2.45, 2.75) is 19.3 Å². The third-order valence-corrected chi connectivity index (χ3v) is 5.82. The molecule has 0 saturated heterocycles. The van der Waals surface area contributed by atoms with Gasteiger partial charge in [-0.25, -0.2) is 0 Å². The zero-order valence-electron chi connectivity index (χ0n) is 18.4. The molecular weight excluding hydrogens is 557 g/mol. The molecule has 0 spiro atoms. The van der Waals surface area contributed by atoms with Gasteiger partial charge in [-0.05, 0) is 42.0 Å². The van der Waals surface area contributed by atoms with Crippen LogP contribution in [0.15, 0.2) is 71.2 Å². The van der Waals surface area contributed by atoms with Gasteiger partial charge in [0, 0.05) is 28.8 Å². The van der Waals surface area contributed by atoms with E-state index in [1.54, 1.807) is 30.3 Å². The fourth-order valence-corrected chi connectivity index (χ4v) is 3.83. The lowest BCUT2D eigenvalue weighted by atomic mass is 10.1. The third-order valence-electron chi connectivity index (χ3n) is 4.78. The molecule has 0 heterocycles. The number of amides is 3. The first-order valence-electron chi connectivity index (χ1n) is 10.6. The minimum Gasteiger partial charge on any atom is -0.492 e. The summed E-state index contributed by atoms with van der Waals surface area (Å²) in [5.74, 6) is -1.10. The van der Waals surface area contributed by atoms with E-state index >= 15 is 0 Å². The first kappa shape index (κ1) is 26.5. The molecule has 3 amide bonds. The molecular formula is C25H22BrCl2N3O4. The van der Waals surface area contributed by atoms with Crippen LogP contribution in [0.2, 0.25) is 10.0 Å². The Balaban J connectivity index is 1.47. The molecule has 35 heavy (non-hydrogen) atoms. The zero-order valence-corrected chi connectivity index (χ0v) is 21.5. The highest BCUT2D eigenvalue weighted by molar-refractivity contribution is 9.10. The molecule has 0 radical (unpaired) electrons. The monoisotopic (exact) mass is 577 g/mol. The van der Waals surface area contributed by atoms with Crippen LogP contribution in [-0.4, -0.2) is 24.3 Å². The minimum absolute atomic E-state index is 0.106. The fraction of sp³-hybridized carbons (Fsp3) is 0.160. The first-order valence-corrected chi connectivity index (χ1v) is 12.2. The normalized spacial score (nSPS) is 10.4. The number of halogens is 3. The molecule has 0 unspecified atom stereocenters. The molecule has 182 valence electrons. The maximum absolute atomic E-state index is 12.7. The summed E-state index contributed by atoms with van der Waals surface area (Å²) in [7, 11) is 0. The highest BCUT2D eigenvalue weighted by atomic mass is 79.9. The molecule has 0 aromatic heterocycles. The van der Waals surface area contributed by atoms with Crippen LogP contribution >= 0.6 is 39.1 Å². The Morgan fingerprint density at radius 3 is 2.34 bits per heavy atom. The van der Waals surface area contributed by atoms with Crippen molar-refractivity contribution in [2.24, 2.45) is 0 Å². The van der Waals surface area contributed by atoms with E-state index in [0.717, 1.165) is 5.56 Å². The lowest BCUT2D eigenvalue weighted by Crippen LogP contribution is -2.42. The molecule has 0 fully saturated rings. The Bertz CT molecular complexity index is 1210. The average molecular weight is 579 g/mol. The van der Waals surface area contributed by atoms with Crippen molar-refractivity contribution in [2.75, 3.05) is 11.9 Å². The Labute approximate surface area is 221 Å². The van der Waals surface area contributed by atoms with E-state index in [9.17, 15) is 14.4 Å². The second kappa shape index (κ2) is 13.1. The maximum Gasteiger partial charge on any atom is 0.273 e. The van der Waals surface area contributed by atoms with Crippen LogP contribution in [0.3, 0.4) is 0 Å². The highest BCUT2D eigenvalue weighted by Gasteiger charge is 2.15. The maximum atomic E-state index is 12.7. The number of nitrogens with one attached hydrogen (secondary N) is 3. The van der Waals surface area contributed by atoms with Gasteiger partial charge in [0.1, 0.15) is 5.75 Å². The van der Waals surface area contributed by atoms with Crippen LogP contribution in [0.5, 0.6) is 5.75 Å². The number of anilines is 1. The number of carbonyl (C=O) groups is 3. The summed E-state index contributed by atoms with van der Waals surface area (Å²) in [4.78, 5) is 36.9. The number of hydrogen-bond acceptors (Lipinski definition) is 4. The molecule has 0 bridgehead atoms. The molecule has 0 aliphatic heterocycles. The summed E-state index contributed by atoms with van der Waals surface area (Å²) in [6.45, 7) is 0.380. The lowest BCUT2D eigenvalue weighted by Gasteiger charge is -2.13. The van der Waals surface area contributed by atoms with Crippen molar-refractivity contribution < 1.29 is 19.1 Å². The van der Waals surface area contributed by atoms with Gasteiger partial charge in [-0.1, -0.05) is 69.5 Å². The summed E-state index contributed by atoms with van der Waals surface area (Å²) in [5.41, 5.74) is 6.43. The number of carbonyl (C=O) groups excluding carboxylic acids is 3. The average Bonchev–Trinajstić information content (AvgIpc) is 2.84. The molecule has 3 aromatic rings. The Kier molecular flexibility index (Phi) is 9.96. The van der Waals surface area contributed by atoms with E-state index in [2.05, 4.69) is 32.1 Å². The third kappa shape index (κ3) is 8.58. The quantitative estimate of drug-likeness (QED) is 0.290. The number of ether oxygens (including phenoxy) is 1. The van der Waals surface area contributed by atoms with Gasteiger partial charge in [0.05, 0.1) is 22.9 Å². The van der Waals surface area contributed by atoms with Crippen LogP contribution in [0, 0.1) is 0 Å². The smallest absolute Gasteiger partial charge is 0.273 e. The van der Waals surface area contributed by atoms with Crippen molar-refractivity contribution in [3.63, 3.8) is 0 Å². The van der Waals surface area contributed by atoms with Crippen LogP contribution in [-0.2, 0) is 16.0 Å². The Morgan fingerprint density at radius 2 is 1.60 bits per heavy atom. The Hall–Kier alpha value is -3.07. The van der Waals surface area contributed by atoms with E-state index in [1.165, 1.54) is 6.07 Å². The molecule has 3 N–H and O–H groups in total. The number of hydrogen-bond donors (Lipinski definition) is 3. The second-order valence-corrected chi connectivity index (χ2v) is 9.16. The summed E-state index contributed by atoms with van der Waals surface area (Å²) in [6.07, 6.45) is 0.430. The van der Waals surface area contributed by atoms with E-state index in [4.69, 9.17) is 27.9 Å². The van der Waals surface area contributed by atoms with Crippen molar-refractivity contribution in [3.8, 4) is 5.75 Å². The molecule has 3 rings (SSSR count). The first-order chi connectivity index (χ1) is 16.8. The van der Waals surface area contributed by atoms with Gasteiger partial charge >= 0.3 is 0 Å². The van der Waals surface area contributed by atoms with Crippen molar-refractivity contribution >= 4 is 62.5 Å². The second-order valence-electron chi connectivity index (χ2n) is 7.40. The topological polar surface area (TPSA) is 96.5 Å². The van der Waals surface area contributed by atoms with Crippen molar-refractivity contribution in [1.29, 1.82) is 0 Å². The minimum atomic E-state index is -0.549. The molecule has 10 heteroatoms.